The van der Waals surface area contributed by atoms with Crippen molar-refractivity contribution in [3.05, 3.63) is 46.2 Å². The average molecular weight is 300 g/mol. The van der Waals surface area contributed by atoms with Crippen LogP contribution in [0.2, 0.25) is 0 Å². The lowest BCUT2D eigenvalue weighted by atomic mass is 10.1. The molecule has 19 heavy (non-hydrogen) atoms. The fraction of sp³-hybridized carbons (Fsp3) is 0.167. The highest BCUT2D eigenvalue weighted by Gasteiger charge is 2.09. The Bertz CT molecular complexity index is 619. The summed E-state index contributed by atoms with van der Waals surface area (Å²) in [4.78, 5) is 12.7. The minimum Gasteiger partial charge on any atom is -0.316 e. The number of thioether (sulfide) groups is 1. The number of rotatable bonds is 5. The third-order valence-electron chi connectivity index (χ3n) is 2.40. The van der Waals surface area contributed by atoms with Crippen molar-refractivity contribution in [1.82, 2.24) is 4.57 Å². The molecule has 7 heteroatoms. The van der Waals surface area contributed by atoms with Gasteiger partial charge in [0.15, 0.2) is 10.6 Å². The second kappa shape index (κ2) is 6.12. The van der Waals surface area contributed by atoms with Gasteiger partial charge in [0.05, 0.1) is 6.54 Å². The highest BCUT2D eigenvalue weighted by atomic mass is 32.2. The van der Waals surface area contributed by atoms with Gasteiger partial charge < -0.3 is 4.57 Å². The third kappa shape index (κ3) is 3.74. The van der Waals surface area contributed by atoms with Gasteiger partial charge in [-0.3, -0.25) is 10.2 Å². The van der Waals surface area contributed by atoms with Crippen LogP contribution in [0.4, 0.5) is 8.78 Å². The zero-order chi connectivity index (χ0) is 13.8. The second-order valence-corrected chi connectivity index (χ2v) is 5.62. The molecule has 0 aliphatic rings. The summed E-state index contributed by atoms with van der Waals surface area (Å²) in [6, 6.07) is 6.07. The monoisotopic (exact) mass is 300 g/mol. The molecule has 0 atom stereocenters. The average Bonchev–Trinajstić information content (AvgIpc) is 2.75. The molecule has 2 rings (SSSR count). The largest absolute Gasteiger partial charge is 0.316 e. The molecule has 0 spiro atoms. The molecule has 0 saturated carbocycles. The van der Waals surface area contributed by atoms with Crippen LogP contribution in [0.15, 0.2) is 40.7 Å². The fourth-order valence-electron chi connectivity index (χ4n) is 1.50. The van der Waals surface area contributed by atoms with Crippen molar-refractivity contribution >= 4 is 28.9 Å². The predicted octanol–water partition coefficient (Wildman–Crippen LogP) is 3.23. The Labute approximate surface area is 116 Å². The van der Waals surface area contributed by atoms with Crippen LogP contribution in [-0.2, 0) is 6.54 Å². The van der Waals surface area contributed by atoms with Gasteiger partial charge in [0, 0.05) is 22.0 Å². The number of thiazole rings is 1. The van der Waals surface area contributed by atoms with E-state index < -0.39 is 5.76 Å². The molecule has 3 nitrogen and oxygen atoms in total. The Hall–Kier alpha value is -1.47. The quantitative estimate of drug-likeness (QED) is 0.680. The summed E-state index contributed by atoms with van der Waals surface area (Å²) < 4.78 is 25.8. The maximum atomic E-state index is 12.1. The lowest BCUT2D eigenvalue weighted by Gasteiger charge is -2.04. The number of alkyl halides is 2. The van der Waals surface area contributed by atoms with Crippen molar-refractivity contribution in [2.45, 2.75) is 17.2 Å². The molecule has 0 bridgehead atoms. The maximum Gasteiger partial charge on any atom is 0.288 e. The zero-order valence-electron chi connectivity index (χ0n) is 9.68. The number of halogens is 2. The van der Waals surface area contributed by atoms with Gasteiger partial charge in [-0.1, -0.05) is 23.9 Å². The number of carbonyl (C=O) groups excluding carboxylic acids is 1. The molecular formula is C12H10F2N2OS2. The smallest absolute Gasteiger partial charge is 0.288 e. The summed E-state index contributed by atoms with van der Waals surface area (Å²) in [6.45, 7) is 0.0870. The van der Waals surface area contributed by atoms with Crippen molar-refractivity contribution in [3.8, 4) is 0 Å². The summed E-state index contributed by atoms with van der Waals surface area (Å²) in [6.07, 6.45) is 1.67. The summed E-state index contributed by atoms with van der Waals surface area (Å²) in [5, 5.41) is 9.29. The Kier molecular flexibility index (Phi) is 4.49. The first-order valence-corrected chi connectivity index (χ1v) is 7.09. The number of hydrogen-bond acceptors (Lipinski definition) is 4. The Morgan fingerprint density at radius 2 is 2.05 bits per heavy atom. The number of nitrogens with one attached hydrogen (secondary N) is 1. The number of carbonyl (C=O) groups is 1. The van der Waals surface area contributed by atoms with E-state index in [9.17, 15) is 13.6 Å². The van der Waals surface area contributed by atoms with E-state index in [1.54, 1.807) is 11.6 Å². The normalized spacial score (nSPS) is 10.9. The number of benzene rings is 1. The van der Waals surface area contributed by atoms with Gasteiger partial charge >= 0.3 is 0 Å². The minimum absolute atomic E-state index is 0.0870. The van der Waals surface area contributed by atoms with Crippen LogP contribution in [-0.4, -0.2) is 16.1 Å². The van der Waals surface area contributed by atoms with Crippen molar-refractivity contribution in [3.63, 3.8) is 0 Å². The first kappa shape index (κ1) is 14.0. The Morgan fingerprint density at radius 3 is 2.58 bits per heavy atom. The lowest BCUT2D eigenvalue weighted by Crippen LogP contribution is -2.18. The van der Waals surface area contributed by atoms with Gasteiger partial charge in [0.2, 0.25) is 0 Å². The molecule has 0 amide bonds. The van der Waals surface area contributed by atoms with Crippen LogP contribution >= 0.6 is 23.1 Å². The predicted molar refractivity (Wildman–Crippen MR) is 70.8 cm³/mol. The van der Waals surface area contributed by atoms with E-state index >= 15 is 0 Å². The van der Waals surface area contributed by atoms with Crippen molar-refractivity contribution in [1.29, 1.82) is 5.41 Å². The third-order valence-corrected chi connectivity index (χ3v) is 3.83. The Balaban J connectivity index is 2.08. The number of ketones is 1. The van der Waals surface area contributed by atoms with Gasteiger partial charge in [0.25, 0.3) is 5.76 Å². The number of hydrogen-bond donors (Lipinski definition) is 1. The van der Waals surface area contributed by atoms with E-state index in [0.29, 0.717) is 27.0 Å². The van der Waals surface area contributed by atoms with Crippen molar-refractivity contribution in [2.24, 2.45) is 0 Å². The van der Waals surface area contributed by atoms with Crippen LogP contribution in [0.3, 0.4) is 0 Å². The second-order valence-electron chi connectivity index (χ2n) is 3.66. The molecular weight excluding hydrogens is 290 g/mol. The molecule has 100 valence electrons. The molecule has 0 aliphatic carbocycles. The van der Waals surface area contributed by atoms with Gasteiger partial charge in [0.1, 0.15) is 0 Å². The first-order chi connectivity index (χ1) is 9.06. The molecule has 1 N–H and O–H groups in total. The van der Waals surface area contributed by atoms with Gasteiger partial charge in [-0.05, 0) is 12.1 Å². The molecule has 1 aromatic heterocycles. The molecule has 0 unspecified atom stereocenters. The van der Waals surface area contributed by atoms with E-state index in [1.807, 2.05) is 0 Å². The summed E-state index contributed by atoms with van der Waals surface area (Å²) in [7, 11) is 0. The standard InChI is InChI=1S/C12H10F2N2OS2/c13-11(14)19-9-3-1-8(2-4-9)10(17)7-16-5-6-18-12(16)15/h1-6,11,15H,7H2. The lowest BCUT2D eigenvalue weighted by molar-refractivity contribution is 0.0971. The number of nitrogens with zero attached hydrogens (tertiary/aromatic N) is 1. The molecule has 0 fully saturated rings. The van der Waals surface area contributed by atoms with Crippen LogP contribution in [0.25, 0.3) is 0 Å². The van der Waals surface area contributed by atoms with Gasteiger partial charge in [-0.15, -0.1) is 11.3 Å². The molecule has 0 aliphatic heterocycles. The van der Waals surface area contributed by atoms with Crippen LogP contribution in [0.1, 0.15) is 10.4 Å². The fourth-order valence-corrected chi connectivity index (χ4v) is 2.59. The topological polar surface area (TPSA) is 45.9 Å². The molecule has 0 radical (unpaired) electrons. The number of aromatic nitrogens is 1. The van der Waals surface area contributed by atoms with E-state index in [-0.39, 0.29) is 12.3 Å². The SMILES string of the molecule is N=c1sccn1CC(=O)c1ccc(SC(F)F)cc1. The molecule has 1 heterocycles. The Morgan fingerprint density at radius 1 is 1.37 bits per heavy atom. The summed E-state index contributed by atoms with van der Waals surface area (Å²) in [5.74, 6) is -2.61. The van der Waals surface area contributed by atoms with Crippen LogP contribution in [0, 0.1) is 5.41 Å². The first-order valence-electron chi connectivity index (χ1n) is 5.33. The highest BCUT2D eigenvalue weighted by Crippen LogP contribution is 2.25. The van der Waals surface area contributed by atoms with E-state index in [0.717, 1.165) is 0 Å². The summed E-state index contributed by atoms with van der Waals surface area (Å²) in [5.41, 5.74) is 0.455. The van der Waals surface area contributed by atoms with Gasteiger partial charge in [-0.2, -0.15) is 8.78 Å². The molecule has 2 aromatic rings. The van der Waals surface area contributed by atoms with E-state index in [1.165, 1.54) is 40.2 Å². The van der Waals surface area contributed by atoms with Crippen LogP contribution in [0.5, 0.6) is 0 Å². The maximum absolute atomic E-state index is 12.1. The van der Waals surface area contributed by atoms with Gasteiger partial charge in [-0.25, -0.2) is 0 Å². The van der Waals surface area contributed by atoms with Crippen LogP contribution < -0.4 is 4.80 Å². The van der Waals surface area contributed by atoms with Crippen molar-refractivity contribution < 1.29 is 13.6 Å². The van der Waals surface area contributed by atoms with E-state index in [4.69, 9.17) is 5.41 Å². The highest BCUT2D eigenvalue weighted by molar-refractivity contribution is 7.99. The molecule has 1 aromatic carbocycles. The summed E-state index contributed by atoms with van der Waals surface area (Å²) >= 11 is 1.69. The zero-order valence-corrected chi connectivity index (χ0v) is 11.3. The minimum atomic E-state index is -2.46. The number of Topliss-reactive ketones (excluding diaryl/α,β-unsaturated/α-hetero) is 1. The molecule has 0 saturated heterocycles. The van der Waals surface area contributed by atoms with Crippen molar-refractivity contribution in [2.75, 3.05) is 0 Å². The van der Waals surface area contributed by atoms with E-state index in [2.05, 4.69) is 0 Å².